The summed E-state index contributed by atoms with van der Waals surface area (Å²) in [6.07, 6.45) is 7.56. The van der Waals surface area contributed by atoms with Gasteiger partial charge in [-0.25, -0.2) is 4.98 Å². The van der Waals surface area contributed by atoms with Crippen LogP contribution in [-0.4, -0.2) is 29.1 Å². The fourth-order valence-corrected chi connectivity index (χ4v) is 2.65. The number of hydrogen-bond acceptors (Lipinski definition) is 2. The van der Waals surface area contributed by atoms with Crippen LogP contribution in [-0.2, 0) is 6.54 Å². The van der Waals surface area contributed by atoms with E-state index >= 15 is 0 Å². The van der Waals surface area contributed by atoms with Gasteiger partial charge >= 0.3 is 6.55 Å². The number of hydrogen-bond donors (Lipinski definition) is 2. The molecule has 0 saturated heterocycles. The molecule has 1 aliphatic rings. The summed E-state index contributed by atoms with van der Waals surface area (Å²) in [5, 5.41) is 6.32. The van der Waals surface area contributed by atoms with Gasteiger partial charge in [0.1, 0.15) is 5.82 Å². The Kier molecular flexibility index (Phi) is 5.14. The lowest BCUT2D eigenvalue weighted by Crippen LogP contribution is -2.46. The molecule has 21 heavy (non-hydrogen) atoms. The van der Waals surface area contributed by atoms with E-state index in [0.717, 1.165) is 17.5 Å². The van der Waals surface area contributed by atoms with Crippen LogP contribution in [0.3, 0.4) is 0 Å². The molecule has 5 nitrogen and oxygen atoms in total. The highest BCUT2D eigenvalue weighted by molar-refractivity contribution is 5.79. The van der Waals surface area contributed by atoms with E-state index < -0.39 is 6.55 Å². The summed E-state index contributed by atoms with van der Waals surface area (Å²) in [5.74, 6) is 0.917. The van der Waals surface area contributed by atoms with Crippen molar-refractivity contribution in [2.24, 2.45) is 10.4 Å². The van der Waals surface area contributed by atoms with Gasteiger partial charge in [-0.3, -0.25) is 9.56 Å². The van der Waals surface area contributed by atoms with Crippen molar-refractivity contribution in [2.75, 3.05) is 13.6 Å². The molecule has 1 saturated carbocycles. The zero-order chi connectivity index (χ0) is 15.3. The molecule has 118 valence electrons. The minimum absolute atomic E-state index is 0.218. The molecule has 1 heterocycles. The number of imidazole rings is 1. The Labute approximate surface area is 123 Å². The summed E-state index contributed by atoms with van der Waals surface area (Å²) in [6, 6.07) is 0. The second-order valence-corrected chi connectivity index (χ2v) is 5.51. The van der Waals surface area contributed by atoms with Crippen molar-refractivity contribution in [3.63, 3.8) is 0 Å². The van der Waals surface area contributed by atoms with Crippen LogP contribution in [0.1, 0.15) is 45.0 Å². The lowest BCUT2D eigenvalue weighted by molar-refractivity contribution is 0.0668. The second kappa shape index (κ2) is 6.87. The standard InChI is InChI=1S/C14H23F2N5/c1-3-14(5-4-6-14)10-20-13(17-2)19-9-11-18-7-8-21(11)12(15)16/h7-8,12H,3-6,9-10H2,1-2H3,(H2,17,19,20). The minimum Gasteiger partial charge on any atom is -0.356 e. The molecule has 0 bridgehead atoms. The Bertz CT molecular complexity index is 474. The molecule has 1 aliphatic carbocycles. The van der Waals surface area contributed by atoms with Crippen molar-refractivity contribution in [3.8, 4) is 0 Å². The van der Waals surface area contributed by atoms with Crippen LogP contribution in [0.25, 0.3) is 0 Å². The largest absolute Gasteiger partial charge is 0.356 e. The number of aliphatic imine (C=N–C) groups is 1. The van der Waals surface area contributed by atoms with Gasteiger partial charge in [0.2, 0.25) is 0 Å². The van der Waals surface area contributed by atoms with Crippen LogP contribution >= 0.6 is 0 Å². The molecule has 0 radical (unpaired) electrons. The van der Waals surface area contributed by atoms with Gasteiger partial charge in [-0.05, 0) is 24.7 Å². The molecule has 7 heteroatoms. The third-order valence-corrected chi connectivity index (χ3v) is 4.39. The van der Waals surface area contributed by atoms with Crippen LogP contribution in [0, 0.1) is 5.41 Å². The maximum atomic E-state index is 12.7. The molecule has 1 fully saturated rings. The number of aromatic nitrogens is 2. The van der Waals surface area contributed by atoms with E-state index in [4.69, 9.17) is 0 Å². The van der Waals surface area contributed by atoms with Gasteiger partial charge in [0.25, 0.3) is 0 Å². The summed E-state index contributed by atoms with van der Waals surface area (Å²) >= 11 is 0. The van der Waals surface area contributed by atoms with E-state index in [9.17, 15) is 8.78 Å². The van der Waals surface area contributed by atoms with Crippen molar-refractivity contribution in [1.29, 1.82) is 0 Å². The first-order valence-electron chi connectivity index (χ1n) is 7.34. The Hall–Kier alpha value is -1.66. The third kappa shape index (κ3) is 3.71. The Morgan fingerprint density at radius 1 is 1.48 bits per heavy atom. The summed E-state index contributed by atoms with van der Waals surface area (Å²) in [5.41, 5.74) is 0.374. The van der Waals surface area contributed by atoms with Crippen molar-refractivity contribution < 1.29 is 8.78 Å². The molecule has 0 unspecified atom stereocenters. The fourth-order valence-electron chi connectivity index (χ4n) is 2.65. The quantitative estimate of drug-likeness (QED) is 0.627. The molecule has 2 N–H and O–H groups in total. The van der Waals surface area contributed by atoms with E-state index in [1.54, 1.807) is 7.05 Å². The van der Waals surface area contributed by atoms with E-state index in [1.807, 2.05) is 0 Å². The molecule has 0 atom stereocenters. The van der Waals surface area contributed by atoms with E-state index in [2.05, 4.69) is 27.5 Å². The summed E-state index contributed by atoms with van der Waals surface area (Å²) in [7, 11) is 1.67. The molecule has 1 aromatic heterocycles. The predicted octanol–water partition coefficient (Wildman–Crippen LogP) is 2.52. The maximum absolute atomic E-state index is 12.7. The molecular formula is C14H23F2N5. The molecule has 0 amide bonds. The number of guanidine groups is 1. The highest BCUT2D eigenvalue weighted by atomic mass is 19.3. The Balaban J connectivity index is 1.84. The first-order valence-corrected chi connectivity index (χ1v) is 7.34. The summed E-state index contributed by atoms with van der Waals surface area (Å²) in [6.45, 7) is 0.719. The SMILES string of the molecule is CCC1(CNC(=NC)NCc2nccn2C(F)F)CCC1. The van der Waals surface area contributed by atoms with Crippen LogP contribution in [0.2, 0.25) is 0 Å². The van der Waals surface area contributed by atoms with Crippen LogP contribution in [0.4, 0.5) is 8.78 Å². The van der Waals surface area contributed by atoms with Crippen molar-refractivity contribution in [3.05, 3.63) is 18.2 Å². The number of nitrogens with zero attached hydrogens (tertiary/aromatic N) is 3. The van der Waals surface area contributed by atoms with Gasteiger partial charge < -0.3 is 10.6 Å². The van der Waals surface area contributed by atoms with Crippen LogP contribution in [0.5, 0.6) is 0 Å². The number of rotatable bonds is 6. The van der Waals surface area contributed by atoms with Crippen molar-refractivity contribution in [2.45, 2.75) is 45.7 Å². The first-order chi connectivity index (χ1) is 10.1. The van der Waals surface area contributed by atoms with Gasteiger partial charge in [0.15, 0.2) is 5.96 Å². The molecule has 2 rings (SSSR count). The first kappa shape index (κ1) is 15.7. The number of halogens is 2. The maximum Gasteiger partial charge on any atom is 0.319 e. The average Bonchev–Trinajstić information content (AvgIpc) is 2.90. The number of alkyl halides is 2. The van der Waals surface area contributed by atoms with E-state index in [-0.39, 0.29) is 6.54 Å². The highest BCUT2D eigenvalue weighted by Crippen LogP contribution is 2.42. The highest BCUT2D eigenvalue weighted by Gasteiger charge is 2.34. The smallest absolute Gasteiger partial charge is 0.319 e. The predicted molar refractivity (Wildman–Crippen MR) is 78.3 cm³/mol. The Morgan fingerprint density at radius 2 is 2.24 bits per heavy atom. The van der Waals surface area contributed by atoms with Gasteiger partial charge in [0, 0.05) is 26.0 Å². The summed E-state index contributed by atoms with van der Waals surface area (Å²) < 4.78 is 26.3. The molecular weight excluding hydrogens is 276 g/mol. The molecule has 0 spiro atoms. The monoisotopic (exact) mass is 299 g/mol. The zero-order valence-corrected chi connectivity index (χ0v) is 12.6. The van der Waals surface area contributed by atoms with Crippen LogP contribution < -0.4 is 10.6 Å². The average molecular weight is 299 g/mol. The zero-order valence-electron chi connectivity index (χ0n) is 12.6. The van der Waals surface area contributed by atoms with Gasteiger partial charge in [0.05, 0.1) is 6.54 Å². The molecule has 1 aromatic rings. The van der Waals surface area contributed by atoms with E-state index in [0.29, 0.717) is 17.2 Å². The normalized spacial score (nSPS) is 17.7. The molecule has 0 aromatic carbocycles. The Morgan fingerprint density at radius 3 is 2.76 bits per heavy atom. The molecule has 0 aliphatic heterocycles. The minimum atomic E-state index is -2.57. The van der Waals surface area contributed by atoms with E-state index in [1.165, 1.54) is 31.7 Å². The van der Waals surface area contributed by atoms with Crippen molar-refractivity contribution >= 4 is 5.96 Å². The van der Waals surface area contributed by atoms with Crippen molar-refractivity contribution in [1.82, 2.24) is 20.2 Å². The van der Waals surface area contributed by atoms with Gasteiger partial charge in [-0.2, -0.15) is 8.78 Å². The van der Waals surface area contributed by atoms with Gasteiger partial charge in [-0.15, -0.1) is 0 Å². The summed E-state index contributed by atoms with van der Waals surface area (Å²) in [4.78, 5) is 8.06. The van der Waals surface area contributed by atoms with Gasteiger partial charge in [-0.1, -0.05) is 13.3 Å². The van der Waals surface area contributed by atoms with Crippen LogP contribution in [0.15, 0.2) is 17.4 Å². The topological polar surface area (TPSA) is 54.2 Å². The number of nitrogens with one attached hydrogen (secondary N) is 2. The third-order valence-electron chi connectivity index (χ3n) is 4.39. The lowest BCUT2D eigenvalue weighted by Gasteiger charge is -2.41. The second-order valence-electron chi connectivity index (χ2n) is 5.51. The fraction of sp³-hybridized carbons (Fsp3) is 0.714. The lowest BCUT2D eigenvalue weighted by atomic mass is 9.67.